The average molecular weight is 338 g/mol. The first kappa shape index (κ1) is 15.5. The molecular weight excluding hydrogens is 320 g/mol. The molecule has 4 rings (SSSR count). The fourth-order valence-corrected chi connectivity index (χ4v) is 2.96. The van der Waals surface area contributed by atoms with E-state index < -0.39 is 0 Å². The zero-order chi connectivity index (χ0) is 17.4. The SMILES string of the molecule is Cc1nnc2n1CC(C(=O)Nc1ccnc(-n3cccn3)c1)N(C)C2. The number of rotatable bonds is 3. The molecule has 9 heteroatoms. The topological polar surface area (TPSA) is 93.8 Å². The van der Waals surface area contributed by atoms with Crippen molar-refractivity contribution in [3.8, 4) is 5.82 Å². The number of likely N-dealkylation sites (N-methyl/N-ethyl adjacent to an activating group) is 1. The van der Waals surface area contributed by atoms with Crippen molar-refractivity contribution < 1.29 is 4.79 Å². The fraction of sp³-hybridized carbons (Fsp3) is 0.312. The smallest absolute Gasteiger partial charge is 0.243 e. The van der Waals surface area contributed by atoms with E-state index in [2.05, 4.69) is 25.6 Å². The van der Waals surface area contributed by atoms with Crippen LogP contribution < -0.4 is 5.32 Å². The molecule has 4 heterocycles. The molecule has 0 spiro atoms. The molecule has 0 fully saturated rings. The predicted molar refractivity (Wildman–Crippen MR) is 90.0 cm³/mol. The van der Waals surface area contributed by atoms with Crippen LogP contribution in [0.1, 0.15) is 11.6 Å². The molecule has 3 aromatic heterocycles. The minimum Gasteiger partial charge on any atom is -0.324 e. The van der Waals surface area contributed by atoms with Gasteiger partial charge in [0.1, 0.15) is 17.7 Å². The van der Waals surface area contributed by atoms with Crippen LogP contribution in [-0.2, 0) is 17.9 Å². The maximum Gasteiger partial charge on any atom is 0.243 e. The number of aryl methyl sites for hydroxylation is 1. The van der Waals surface area contributed by atoms with Crippen LogP contribution in [-0.4, -0.2) is 53.4 Å². The summed E-state index contributed by atoms with van der Waals surface area (Å²) in [6.07, 6.45) is 5.14. The number of aromatic nitrogens is 6. The summed E-state index contributed by atoms with van der Waals surface area (Å²) < 4.78 is 3.64. The molecular formula is C16H18N8O. The second-order valence-corrected chi connectivity index (χ2v) is 6.05. The van der Waals surface area contributed by atoms with Gasteiger partial charge in [0.05, 0.1) is 13.1 Å². The highest BCUT2D eigenvalue weighted by Crippen LogP contribution is 2.18. The monoisotopic (exact) mass is 338 g/mol. The Balaban J connectivity index is 1.53. The Hall–Kier alpha value is -3.07. The molecule has 1 unspecified atom stereocenters. The summed E-state index contributed by atoms with van der Waals surface area (Å²) in [6.45, 7) is 3.03. The number of hydrogen-bond acceptors (Lipinski definition) is 6. The van der Waals surface area contributed by atoms with Gasteiger partial charge in [-0.25, -0.2) is 9.67 Å². The number of pyridine rings is 1. The number of amides is 1. The summed E-state index contributed by atoms with van der Waals surface area (Å²) >= 11 is 0. The summed E-state index contributed by atoms with van der Waals surface area (Å²) in [6, 6.07) is 5.10. The van der Waals surface area contributed by atoms with Gasteiger partial charge in [0.15, 0.2) is 5.82 Å². The van der Waals surface area contributed by atoms with Crippen LogP contribution in [0.15, 0.2) is 36.8 Å². The Morgan fingerprint density at radius 3 is 3.00 bits per heavy atom. The van der Waals surface area contributed by atoms with E-state index in [0.29, 0.717) is 24.6 Å². The van der Waals surface area contributed by atoms with Gasteiger partial charge in [-0.1, -0.05) is 0 Å². The predicted octanol–water partition coefficient (Wildman–Crippen LogP) is 0.620. The average Bonchev–Trinajstić information content (AvgIpc) is 3.25. The van der Waals surface area contributed by atoms with Gasteiger partial charge in [0.2, 0.25) is 5.91 Å². The van der Waals surface area contributed by atoms with E-state index in [0.717, 1.165) is 11.6 Å². The zero-order valence-corrected chi connectivity index (χ0v) is 14.0. The molecule has 0 aliphatic carbocycles. The highest BCUT2D eigenvalue weighted by Gasteiger charge is 2.31. The number of hydrogen-bond donors (Lipinski definition) is 1. The molecule has 1 amide bonds. The Morgan fingerprint density at radius 1 is 1.32 bits per heavy atom. The van der Waals surface area contributed by atoms with E-state index in [1.54, 1.807) is 35.4 Å². The number of carbonyl (C=O) groups excluding carboxylic acids is 1. The van der Waals surface area contributed by atoms with Gasteiger partial charge in [-0.3, -0.25) is 9.69 Å². The maximum atomic E-state index is 12.8. The first-order valence-electron chi connectivity index (χ1n) is 7.97. The van der Waals surface area contributed by atoms with E-state index >= 15 is 0 Å². The van der Waals surface area contributed by atoms with Crippen molar-refractivity contribution in [2.24, 2.45) is 0 Å². The number of nitrogens with zero attached hydrogens (tertiary/aromatic N) is 7. The van der Waals surface area contributed by atoms with Gasteiger partial charge in [0.25, 0.3) is 0 Å². The molecule has 0 aromatic carbocycles. The van der Waals surface area contributed by atoms with Crippen molar-refractivity contribution in [1.29, 1.82) is 0 Å². The van der Waals surface area contributed by atoms with Gasteiger partial charge in [-0.05, 0) is 26.1 Å². The summed E-state index contributed by atoms with van der Waals surface area (Å²) in [5.41, 5.74) is 0.685. The van der Waals surface area contributed by atoms with Crippen molar-refractivity contribution in [1.82, 2.24) is 34.4 Å². The van der Waals surface area contributed by atoms with Crippen LogP contribution in [0, 0.1) is 6.92 Å². The summed E-state index contributed by atoms with van der Waals surface area (Å²) in [5.74, 6) is 2.29. The standard InChI is InChI=1S/C16H18N8O/c1-11-20-21-15-10-22(2)13(9-23(11)15)16(25)19-12-4-6-17-14(8-12)24-7-3-5-18-24/h3-8,13H,9-10H2,1-2H3,(H,17,19,25). The summed E-state index contributed by atoms with van der Waals surface area (Å²) in [4.78, 5) is 19.0. The lowest BCUT2D eigenvalue weighted by Crippen LogP contribution is -2.48. The van der Waals surface area contributed by atoms with Crippen LogP contribution in [0.4, 0.5) is 5.69 Å². The molecule has 1 aliphatic rings. The van der Waals surface area contributed by atoms with Gasteiger partial charge >= 0.3 is 0 Å². The summed E-state index contributed by atoms with van der Waals surface area (Å²) in [7, 11) is 1.92. The molecule has 128 valence electrons. The van der Waals surface area contributed by atoms with Crippen LogP contribution >= 0.6 is 0 Å². The molecule has 3 aromatic rings. The van der Waals surface area contributed by atoms with Crippen LogP contribution in [0.5, 0.6) is 0 Å². The van der Waals surface area contributed by atoms with E-state index in [-0.39, 0.29) is 11.9 Å². The van der Waals surface area contributed by atoms with Crippen molar-refractivity contribution in [2.75, 3.05) is 12.4 Å². The molecule has 1 N–H and O–H groups in total. The Labute approximate surface area is 144 Å². The van der Waals surface area contributed by atoms with Gasteiger partial charge in [-0.15, -0.1) is 10.2 Å². The second-order valence-electron chi connectivity index (χ2n) is 6.05. The molecule has 0 saturated carbocycles. The van der Waals surface area contributed by atoms with Crippen molar-refractivity contribution in [3.63, 3.8) is 0 Å². The normalized spacial score (nSPS) is 17.3. The minimum absolute atomic E-state index is 0.0705. The van der Waals surface area contributed by atoms with Gasteiger partial charge in [0, 0.05) is 30.3 Å². The third-order valence-electron chi connectivity index (χ3n) is 4.35. The lowest BCUT2D eigenvalue weighted by atomic mass is 10.2. The molecule has 1 aliphatic heterocycles. The molecule has 0 bridgehead atoms. The van der Waals surface area contributed by atoms with Crippen LogP contribution in [0.25, 0.3) is 5.82 Å². The molecule has 25 heavy (non-hydrogen) atoms. The van der Waals surface area contributed by atoms with Gasteiger partial charge in [-0.2, -0.15) is 5.10 Å². The summed E-state index contributed by atoms with van der Waals surface area (Å²) in [5, 5.41) is 15.4. The largest absolute Gasteiger partial charge is 0.324 e. The molecule has 1 atom stereocenters. The van der Waals surface area contributed by atoms with Crippen molar-refractivity contribution >= 4 is 11.6 Å². The third-order valence-corrected chi connectivity index (χ3v) is 4.35. The van der Waals surface area contributed by atoms with E-state index in [1.165, 1.54) is 0 Å². The first-order chi connectivity index (χ1) is 12.1. The highest BCUT2D eigenvalue weighted by atomic mass is 16.2. The first-order valence-corrected chi connectivity index (χ1v) is 7.97. The van der Waals surface area contributed by atoms with E-state index in [1.807, 2.05) is 29.5 Å². The second kappa shape index (κ2) is 6.10. The minimum atomic E-state index is -0.288. The van der Waals surface area contributed by atoms with Gasteiger partial charge < -0.3 is 9.88 Å². The zero-order valence-electron chi connectivity index (χ0n) is 14.0. The van der Waals surface area contributed by atoms with Crippen LogP contribution in [0.3, 0.4) is 0 Å². The molecule has 0 radical (unpaired) electrons. The van der Waals surface area contributed by atoms with E-state index in [9.17, 15) is 4.79 Å². The molecule has 9 nitrogen and oxygen atoms in total. The Kier molecular flexibility index (Phi) is 3.77. The van der Waals surface area contributed by atoms with Crippen molar-refractivity contribution in [2.45, 2.75) is 26.1 Å². The lowest BCUT2D eigenvalue weighted by Gasteiger charge is -2.32. The van der Waals surface area contributed by atoms with Crippen LogP contribution in [0.2, 0.25) is 0 Å². The quantitative estimate of drug-likeness (QED) is 0.752. The fourth-order valence-electron chi connectivity index (χ4n) is 2.96. The van der Waals surface area contributed by atoms with E-state index in [4.69, 9.17) is 0 Å². The highest BCUT2D eigenvalue weighted by molar-refractivity contribution is 5.95. The molecule has 0 saturated heterocycles. The Bertz CT molecular complexity index is 901. The number of nitrogens with one attached hydrogen (secondary N) is 1. The number of anilines is 1. The maximum absolute atomic E-state index is 12.8. The number of fused-ring (bicyclic) bond motifs is 1. The lowest BCUT2D eigenvalue weighted by molar-refractivity contribution is -0.122. The van der Waals surface area contributed by atoms with Crippen molar-refractivity contribution in [3.05, 3.63) is 48.4 Å². The third kappa shape index (κ3) is 2.89. The number of carbonyl (C=O) groups is 1. The Morgan fingerprint density at radius 2 is 2.20 bits per heavy atom.